The zero-order valence-corrected chi connectivity index (χ0v) is 11.5. The first-order valence-corrected chi connectivity index (χ1v) is 6.12. The fraction of sp³-hybridized carbons (Fsp3) is 0. The Morgan fingerprint density at radius 3 is 2.39 bits per heavy atom. The van der Waals surface area contributed by atoms with Crippen LogP contribution in [0.3, 0.4) is 0 Å². The van der Waals surface area contributed by atoms with Gasteiger partial charge in [0.2, 0.25) is 0 Å². The van der Waals surface area contributed by atoms with Crippen LogP contribution in [0.1, 0.15) is 0 Å². The Kier molecular flexibility index (Phi) is 3.78. The van der Waals surface area contributed by atoms with Crippen molar-refractivity contribution in [2.24, 2.45) is 10.2 Å². The molecule has 0 aliphatic heterocycles. The largest absolute Gasteiger partial charge is 0.384 e. The summed E-state index contributed by atoms with van der Waals surface area (Å²) in [5, 5.41) is 8.73. The van der Waals surface area contributed by atoms with Crippen molar-refractivity contribution in [3.8, 4) is 0 Å². The van der Waals surface area contributed by atoms with E-state index >= 15 is 0 Å². The van der Waals surface area contributed by atoms with Crippen LogP contribution in [-0.2, 0) is 0 Å². The number of nitrogens with two attached hydrogens (primary N) is 2. The van der Waals surface area contributed by atoms with Crippen LogP contribution in [-0.4, -0.2) is 4.98 Å². The average Bonchev–Trinajstić information content (AvgIpc) is 2.30. The summed E-state index contributed by atoms with van der Waals surface area (Å²) in [6.45, 7) is 0. The molecule has 1 heterocycles. The molecular formula is C11H9BrClN5. The fourth-order valence-electron chi connectivity index (χ4n) is 1.26. The lowest BCUT2D eigenvalue weighted by Crippen LogP contribution is -1.96. The molecule has 0 bridgehead atoms. The summed E-state index contributed by atoms with van der Waals surface area (Å²) in [7, 11) is 0. The number of rotatable bonds is 2. The lowest BCUT2D eigenvalue weighted by molar-refractivity contribution is 1.20. The van der Waals surface area contributed by atoms with Gasteiger partial charge in [0.25, 0.3) is 0 Å². The van der Waals surface area contributed by atoms with Crippen molar-refractivity contribution < 1.29 is 0 Å². The molecule has 0 aliphatic carbocycles. The third-order valence-electron chi connectivity index (χ3n) is 2.09. The second-order valence-electron chi connectivity index (χ2n) is 3.44. The number of hydrogen-bond acceptors (Lipinski definition) is 5. The van der Waals surface area contributed by atoms with Gasteiger partial charge in [0.05, 0.1) is 10.2 Å². The minimum absolute atomic E-state index is 0.222. The van der Waals surface area contributed by atoms with Gasteiger partial charge in [0, 0.05) is 5.02 Å². The van der Waals surface area contributed by atoms with Crippen molar-refractivity contribution in [2.75, 3.05) is 11.5 Å². The molecule has 18 heavy (non-hydrogen) atoms. The van der Waals surface area contributed by atoms with Gasteiger partial charge in [-0.1, -0.05) is 11.6 Å². The molecule has 0 spiro atoms. The van der Waals surface area contributed by atoms with E-state index in [-0.39, 0.29) is 5.82 Å². The molecule has 0 saturated heterocycles. The molecule has 2 rings (SSSR count). The van der Waals surface area contributed by atoms with Crippen molar-refractivity contribution >= 4 is 50.5 Å². The zero-order valence-electron chi connectivity index (χ0n) is 9.14. The highest BCUT2D eigenvalue weighted by atomic mass is 79.9. The third kappa shape index (κ3) is 2.96. The molecule has 4 N–H and O–H groups in total. The molecule has 1 aromatic heterocycles. The maximum absolute atomic E-state index is 5.77. The van der Waals surface area contributed by atoms with Crippen LogP contribution in [0.4, 0.5) is 23.0 Å². The fourth-order valence-corrected chi connectivity index (χ4v) is 1.90. The van der Waals surface area contributed by atoms with Crippen LogP contribution >= 0.6 is 27.5 Å². The Labute approximate surface area is 117 Å². The van der Waals surface area contributed by atoms with Gasteiger partial charge < -0.3 is 11.5 Å². The standard InChI is InChI=1S/C11H9BrClN5/c12-8-5-9(14)16-11(15)10(8)18-17-7-3-1-6(13)2-4-7/h1-5H,(H4,14,15,16)/b18-17+. The number of benzene rings is 1. The normalized spacial score (nSPS) is 11.0. The molecule has 7 heteroatoms. The molecular weight excluding hydrogens is 318 g/mol. The number of pyridine rings is 1. The van der Waals surface area contributed by atoms with Gasteiger partial charge in [-0.15, -0.1) is 5.11 Å². The van der Waals surface area contributed by atoms with Gasteiger partial charge in [-0.05, 0) is 46.3 Å². The molecule has 5 nitrogen and oxygen atoms in total. The molecule has 0 fully saturated rings. The van der Waals surface area contributed by atoms with Crippen molar-refractivity contribution in [3.05, 3.63) is 39.8 Å². The summed E-state index contributed by atoms with van der Waals surface area (Å²) in [4.78, 5) is 3.91. The van der Waals surface area contributed by atoms with Crippen molar-refractivity contribution in [3.63, 3.8) is 0 Å². The Balaban J connectivity index is 2.31. The maximum atomic E-state index is 5.77. The highest BCUT2D eigenvalue weighted by Gasteiger charge is 2.06. The molecule has 0 saturated carbocycles. The second-order valence-corrected chi connectivity index (χ2v) is 4.73. The highest BCUT2D eigenvalue weighted by molar-refractivity contribution is 9.10. The molecule has 0 atom stereocenters. The predicted octanol–water partition coefficient (Wildman–Crippen LogP) is 4.08. The number of hydrogen-bond donors (Lipinski definition) is 2. The van der Waals surface area contributed by atoms with Crippen LogP contribution in [0.5, 0.6) is 0 Å². The van der Waals surface area contributed by atoms with E-state index in [1.807, 2.05) is 0 Å². The number of halogens is 2. The van der Waals surface area contributed by atoms with Crippen molar-refractivity contribution in [1.82, 2.24) is 4.98 Å². The first-order chi connectivity index (χ1) is 8.56. The van der Waals surface area contributed by atoms with Gasteiger partial charge in [-0.3, -0.25) is 0 Å². The van der Waals surface area contributed by atoms with E-state index in [4.69, 9.17) is 23.1 Å². The summed E-state index contributed by atoms with van der Waals surface area (Å²) >= 11 is 9.08. The van der Waals surface area contributed by atoms with Gasteiger partial charge in [-0.2, -0.15) is 5.11 Å². The lowest BCUT2D eigenvalue weighted by atomic mass is 10.3. The topological polar surface area (TPSA) is 89.6 Å². The SMILES string of the molecule is Nc1cc(Br)c(/N=N/c2ccc(Cl)cc2)c(N)n1. The summed E-state index contributed by atoms with van der Waals surface area (Å²) in [5.41, 5.74) is 12.4. The molecule has 0 amide bonds. The van der Waals surface area contributed by atoms with Crippen molar-refractivity contribution in [2.45, 2.75) is 0 Å². The molecule has 0 unspecified atom stereocenters. The molecule has 0 aliphatic rings. The Morgan fingerprint density at radius 1 is 1.11 bits per heavy atom. The van der Waals surface area contributed by atoms with E-state index in [0.717, 1.165) is 0 Å². The number of aromatic nitrogens is 1. The molecule has 1 aromatic carbocycles. The summed E-state index contributed by atoms with van der Waals surface area (Å²) in [6, 6.07) is 8.58. The minimum Gasteiger partial charge on any atom is -0.384 e. The minimum atomic E-state index is 0.222. The lowest BCUT2D eigenvalue weighted by Gasteiger charge is -2.02. The van der Waals surface area contributed by atoms with Gasteiger partial charge in [0.1, 0.15) is 11.5 Å². The van der Waals surface area contributed by atoms with Crippen molar-refractivity contribution in [1.29, 1.82) is 0 Å². The van der Waals surface area contributed by atoms with Gasteiger partial charge in [-0.25, -0.2) is 4.98 Å². The quantitative estimate of drug-likeness (QED) is 0.815. The number of nitrogen functional groups attached to an aromatic ring is 2. The monoisotopic (exact) mass is 325 g/mol. The van der Waals surface area contributed by atoms with Gasteiger partial charge in [0.15, 0.2) is 5.82 Å². The van der Waals surface area contributed by atoms with Crippen LogP contribution in [0.25, 0.3) is 0 Å². The second kappa shape index (κ2) is 5.32. The Hall–Kier alpha value is -1.66. The van der Waals surface area contributed by atoms with Gasteiger partial charge >= 0.3 is 0 Å². The number of anilines is 2. The highest BCUT2D eigenvalue weighted by Crippen LogP contribution is 2.33. The third-order valence-corrected chi connectivity index (χ3v) is 2.94. The van der Waals surface area contributed by atoms with Crippen LogP contribution in [0, 0.1) is 0 Å². The van der Waals surface area contributed by atoms with Crippen LogP contribution < -0.4 is 11.5 Å². The predicted molar refractivity (Wildman–Crippen MR) is 76.4 cm³/mol. The number of nitrogens with zero attached hydrogens (tertiary/aromatic N) is 3. The van der Waals surface area contributed by atoms with E-state index < -0.39 is 0 Å². The first-order valence-electron chi connectivity index (χ1n) is 4.95. The van der Waals surface area contributed by atoms with Crippen LogP contribution in [0.2, 0.25) is 5.02 Å². The Morgan fingerprint density at radius 2 is 1.78 bits per heavy atom. The van der Waals surface area contributed by atoms with E-state index in [2.05, 4.69) is 31.1 Å². The van der Waals surface area contributed by atoms with Crippen LogP contribution in [0.15, 0.2) is 45.0 Å². The van der Waals surface area contributed by atoms with E-state index in [9.17, 15) is 0 Å². The summed E-state index contributed by atoms with van der Waals surface area (Å²) in [6.07, 6.45) is 0. The van der Waals surface area contributed by atoms with E-state index in [1.165, 1.54) is 0 Å². The first kappa shape index (κ1) is 12.8. The maximum Gasteiger partial charge on any atom is 0.154 e. The van der Waals surface area contributed by atoms with E-state index in [0.29, 0.717) is 26.7 Å². The molecule has 0 radical (unpaired) electrons. The Bertz CT molecular complexity index is 574. The average molecular weight is 327 g/mol. The van der Waals surface area contributed by atoms with E-state index in [1.54, 1.807) is 30.3 Å². The zero-order chi connectivity index (χ0) is 13.1. The molecule has 92 valence electrons. The summed E-state index contributed by atoms with van der Waals surface area (Å²) in [5.74, 6) is 0.546. The molecule has 2 aromatic rings. The number of azo groups is 1. The summed E-state index contributed by atoms with van der Waals surface area (Å²) < 4.78 is 0.644. The smallest absolute Gasteiger partial charge is 0.154 e.